The van der Waals surface area contributed by atoms with E-state index in [1.165, 1.54) is 0 Å². The maximum atomic E-state index is 11.5. The van der Waals surface area contributed by atoms with Crippen LogP contribution in [0.4, 0.5) is 5.69 Å². The average Bonchev–Trinajstić information content (AvgIpc) is 2.27. The van der Waals surface area contributed by atoms with Crippen molar-refractivity contribution in [3.8, 4) is 0 Å². The highest BCUT2D eigenvalue weighted by molar-refractivity contribution is 5.93. The van der Waals surface area contributed by atoms with Crippen LogP contribution < -0.4 is 5.32 Å². The molecule has 0 saturated heterocycles. The Balaban J connectivity index is 2.42. The summed E-state index contributed by atoms with van der Waals surface area (Å²) in [7, 11) is 0. The van der Waals surface area contributed by atoms with Crippen molar-refractivity contribution in [2.45, 2.75) is 32.3 Å². The third-order valence-corrected chi connectivity index (χ3v) is 2.18. The first-order valence-corrected chi connectivity index (χ1v) is 5.28. The van der Waals surface area contributed by atoms with Gasteiger partial charge in [-0.05, 0) is 18.6 Å². The molecule has 3 nitrogen and oxygen atoms in total. The minimum absolute atomic E-state index is 0.324. The lowest BCUT2D eigenvalue weighted by Gasteiger charge is -2.10. The van der Waals surface area contributed by atoms with Crippen LogP contribution in [0.2, 0.25) is 0 Å². The molecule has 1 aromatic carbocycles. The first-order valence-electron chi connectivity index (χ1n) is 5.28. The van der Waals surface area contributed by atoms with E-state index in [1.54, 1.807) is 12.1 Å². The van der Waals surface area contributed by atoms with Crippen molar-refractivity contribution in [2.24, 2.45) is 0 Å². The van der Waals surface area contributed by atoms with Crippen LogP contribution in [0.25, 0.3) is 0 Å². The summed E-state index contributed by atoms with van der Waals surface area (Å²) in [6, 6.07) is 9.15. The molecule has 1 rings (SSSR count). The summed E-state index contributed by atoms with van der Waals surface area (Å²) in [4.78, 5) is 11.5. The van der Waals surface area contributed by atoms with E-state index in [0.717, 1.165) is 18.5 Å². The highest BCUT2D eigenvalue weighted by Gasteiger charge is 2.13. The zero-order valence-electron chi connectivity index (χ0n) is 8.94. The zero-order valence-corrected chi connectivity index (χ0v) is 8.94. The summed E-state index contributed by atoms with van der Waals surface area (Å²) < 4.78 is 0. The molecule has 0 unspecified atom stereocenters. The third kappa shape index (κ3) is 4.13. The molecule has 0 fully saturated rings. The van der Waals surface area contributed by atoms with Gasteiger partial charge in [-0.3, -0.25) is 4.79 Å². The fraction of sp³-hybridized carbons (Fsp3) is 0.417. The van der Waals surface area contributed by atoms with Crippen LogP contribution in [-0.2, 0) is 4.79 Å². The molecule has 0 aliphatic heterocycles. The van der Waals surface area contributed by atoms with Crippen LogP contribution in [0.3, 0.4) is 0 Å². The fourth-order valence-electron chi connectivity index (χ4n) is 1.28. The van der Waals surface area contributed by atoms with Crippen LogP contribution in [0.5, 0.6) is 0 Å². The molecule has 0 aliphatic rings. The quantitative estimate of drug-likeness (QED) is 0.777. The van der Waals surface area contributed by atoms with Gasteiger partial charge in [0, 0.05) is 5.69 Å². The van der Waals surface area contributed by atoms with Crippen molar-refractivity contribution in [1.82, 2.24) is 0 Å². The van der Waals surface area contributed by atoms with Gasteiger partial charge in [-0.25, -0.2) is 0 Å². The summed E-state index contributed by atoms with van der Waals surface area (Å²) in [6.07, 6.45) is 1.47. The summed E-state index contributed by atoms with van der Waals surface area (Å²) in [6.45, 7) is 2.03. The topological polar surface area (TPSA) is 49.3 Å². The van der Waals surface area contributed by atoms with Gasteiger partial charge in [0.2, 0.25) is 0 Å². The average molecular weight is 207 g/mol. The summed E-state index contributed by atoms with van der Waals surface area (Å²) in [5.74, 6) is -0.324. The smallest absolute Gasteiger partial charge is 0.253 e. The van der Waals surface area contributed by atoms with E-state index in [9.17, 15) is 9.90 Å². The van der Waals surface area contributed by atoms with Gasteiger partial charge in [-0.2, -0.15) is 0 Å². The molecule has 3 heteroatoms. The summed E-state index contributed by atoms with van der Waals surface area (Å²) in [5.41, 5.74) is 0.720. The molecule has 0 radical (unpaired) electrons. The Morgan fingerprint density at radius 1 is 1.40 bits per heavy atom. The van der Waals surface area contributed by atoms with Gasteiger partial charge in [0.05, 0.1) is 0 Å². The van der Waals surface area contributed by atoms with Gasteiger partial charge in [0.25, 0.3) is 5.91 Å². The van der Waals surface area contributed by atoms with Crippen molar-refractivity contribution in [3.05, 3.63) is 30.3 Å². The molecule has 0 spiro atoms. The second-order valence-electron chi connectivity index (χ2n) is 3.51. The van der Waals surface area contributed by atoms with Crippen LogP contribution in [0.15, 0.2) is 30.3 Å². The highest BCUT2D eigenvalue weighted by atomic mass is 16.3. The van der Waals surface area contributed by atoms with E-state index in [2.05, 4.69) is 5.32 Å². The Hall–Kier alpha value is -1.35. The van der Waals surface area contributed by atoms with Gasteiger partial charge in [-0.1, -0.05) is 38.0 Å². The molecule has 0 saturated carbocycles. The Morgan fingerprint density at radius 2 is 2.07 bits per heavy atom. The lowest BCUT2D eigenvalue weighted by Crippen LogP contribution is -2.27. The number of carbonyl (C=O) groups excluding carboxylic acids is 1. The van der Waals surface area contributed by atoms with Gasteiger partial charge in [0.15, 0.2) is 0 Å². The molecule has 0 bridgehead atoms. The first kappa shape index (κ1) is 11.7. The molecule has 0 aliphatic carbocycles. The van der Waals surface area contributed by atoms with Gasteiger partial charge < -0.3 is 10.4 Å². The predicted octanol–water partition coefficient (Wildman–Crippen LogP) is 2.18. The molecular weight excluding hydrogens is 190 g/mol. The number of benzene rings is 1. The number of aliphatic hydroxyl groups is 1. The van der Waals surface area contributed by atoms with Crippen LogP contribution >= 0.6 is 0 Å². The molecule has 15 heavy (non-hydrogen) atoms. The number of nitrogens with one attached hydrogen (secondary N) is 1. The van der Waals surface area contributed by atoms with E-state index in [1.807, 2.05) is 25.1 Å². The standard InChI is InChI=1S/C12H17NO2/c1-2-3-9-11(14)12(15)13-10-7-5-4-6-8-10/h4-8,11,14H,2-3,9H2,1H3,(H,13,15)/t11-/m0/s1. The van der Waals surface area contributed by atoms with Crippen LogP contribution in [0.1, 0.15) is 26.2 Å². The second kappa shape index (κ2) is 6.19. The summed E-state index contributed by atoms with van der Waals surface area (Å²) >= 11 is 0. The van der Waals surface area contributed by atoms with Crippen LogP contribution in [0, 0.1) is 0 Å². The van der Waals surface area contributed by atoms with E-state index < -0.39 is 6.10 Å². The largest absolute Gasteiger partial charge is 0.383 e. The van der Waals surface area contributed by atoms with E-state index in [0.29, 0.717) is 6.42 Å². The number of aliphatic hydroxyl groups excluding tert-OH is 1. The number of anilines is 1. The fourth-order valence-corrected chi connectivity index (χ4v) is 1.28. The highest BCUT2D eigenvalue weighted by Crippen LogP contribution is 2.07. The van der Waals surface area contributed by atoms with Crippen LogP contribution in [-0.4, -0.2) is 17.1 Å². The molecule has 0 aromatic heterocycles. The molecule has 1 atom stereocenters. The maximum absolute atomic E-state index is 11.5. The van der Waals surface area contributed by atoms with Gasteiger partial charge >= 0.3 is 0 Å². The number of hydrogen-bond acceptors (Lipinski definition) is 2. The Morgan fingerprint density at radius 3 is 2.67 bits per heavy atom. The van der Waals surface area contributed by atoms with Gasteiger partial charge in [-0.15, -0.1) is 0 Å². The Bertz CT molecular complexity index is 298. The van der Waals surface area contributed by atoms with Crippen molar-refractivity contribution < 1.29 is 9.90 Å². The first-order chi connectivity index (χ1) is 7.24. The molecule has 0 heterocycles. The van der Waals surface area contributed by atoms with Crippen molar-refractivity contribution >= 4 is 11.6 Å². The second-order valence-corrected chi connectivity index (χ2v) is 3.51. The van der Waals surface area contributed by atoms with Crippen molar-refractivity contribution in [1.29, 1.82) is 0 Å². The van der Waals surface area contributed by atoms with E-state index >= 15 is 0 Å². The third-order valence-electron chi connectivity index (χ3n) is 2.18. The lowest BCUT2D eigenvalue weighted by atomic mass is 10.1. The predicted molar refractivity (Wildman–Crippen MR) is 60.6 cm³/mol. The normalized spacial score (nSPS) is 12.1. The Kier molecular flexibility index (Phi) is 4.84. The Labute approximate surface area is 90.1 Å². The minimum atomic E-state index is -0.898. The number of para-hydroxylation sites is 1. The summed E-state index contributed by atoms with van der Waals surface area (Å²) in [5, 5.41) is 12.2. The number of amides is 1. The molecule has 2 N–H and O–H groups in total. The van der Waals surface area contributed by atoms with Crippen molar-refractivity contribution in [2.75, 3.05) is 5.32 Å². The molecule has 1 aromatic rings. The van der Waals surface area contributed by atoms with Crippen molar-refractivity contribution in [3.63, 3.8) is 0 Å². The molecule has 82 valence electrons. The number of unbranched alkanes of at least 4 members (excludes halogenated alkanes) is 1. The minimum Gasteiger partial charge on any atom is -0.383 e. The number of carbonyl (C=O) groups is 1. The SMILES string of the molecule is CCCC[C@H](O)C(=O)Nc1ccccc1. The molecular formula is C12H17NO2. The van der Waals surface area contributed by atoms with Gasteiger partial charge in [0.1, 0.15) is 6.10 Å². The zero-order chi connectivity index (χ0) is 11.1. The lowest BCUT2D eigenvalue weighted by molar-refractivity contribution is -0.124. The number of hydrogen-bond donors (Lipinski definition) is 2. The van der Waals surface area contributed by atoms with E-state index in [-0.39, 0.29) is 5.91 Å². The molecule has 1 amide bonds. The maximum Gasteiger partial charge on any atom is 0.253 e. The number of rotatable bonds is 5. The van der Waals surface area contributed by atoms with E-state index in [4.69, 9.17) is 0 Å². The monoisotopic (exact) mass is 207 g/mol.